The van der Waals surface area contributed by atoms with Crippen LogP contribution in [-0.4, -0.2) is 48.1 Å². The number of aromatic nitrogens is 1. The summed E-state index contributed by atoms with van der Waals surface area (Å²) in [6, 6.07) is 15.6. The van der Waals surface area contributed by atoms with E-state index in [9.17, 15) is 4.79 Å². The molecule has 4 rings (SSSR count). The average molecular weight is 406 g/mol. The van der Waals surface area contributed by atoms with Gasteiger partial charge in [0, 0.05) is 24.8 Å². The third kappa shape index (κ3) is 5.35. The van der Waals surface area contributed by atoms with E-state index in [1.165, 1.54) is 37.5 Å². The van der Waals surface area contributed by atoms with E-state index in [1.54, 1.807) is 12.3 Å². The van der Waals surface area contributed by atoms with Crippen LogP contribution in [0.25, 0.3) is 6.08 Å². The van der Waals surface area contributed by atoms with E-state index in [0.717, 1.165) is 25.2 Å². The van der Waals surface area contributed by atoms with Gasteiger partial charge in [0.25, 0.3) is 0 Å². The van der Waals surface area contributed by atoms with Gasteiger partial charge in [-0.3, -0.25) is 4.90 Å². The number of rotatable bonds is 7. The molecule has 5 nitrogen and oxygen atoms in total. The number of methoxy groups -OCH3 is 1. The van der Waals surface area contributed by atoms with E-state index in [2.05, 4.69) is 58.5 Å². The van der Waals surface area contributed by atoms with Crippen LogP contribution in [0.3, 0.4) is 0 Å². The van der Waals surface area contributed by atoms with E-state index in [1.807, 2.05) is 6.07 Å². The number of nitrogens with one attached hydrogen (secondary N) is 1. The number of esters is 1. The monoisotopic (exact) mass is 405 g/mol. The van der Waals surface area contributed by atoms with Gasteiger partial charge in [-0.1, -0.05) is 48.0 Å². The van der Waals surface area contributed by atoms with Gasteiger partial charge in [-0.2, -0.15) is 0 Å². The molecule has 2 fully saturated rings. The third-order valence-electron chi connectivity index (χ3n) is 6.23. The lowest BCUT2D eigenvalue weighted by molar-refractivity contribution is 0.0594. The van der Waals surface area contributed by atoms with Crippen LogP contribution in [0.5, 0.6) is 0 Å². The summed E-state index contributed by atoms with van der Waals surface area (Å²) in [7, 11) is 1.38. The van der Waals surface area contributed by atoms with Crippen LogP contribution in [0.4, 0.5) is 0 Å². The zero-order chi connectivity index (χ0) is 20.9. The van der Waals surface area contributed by atoms with Gasteiger partial charge < -0.3 is 10.1 Å². The van der Waals surface area contributed by atoms with Gasteiger partial charge >= 0.3 is 5.97 Å². The van der Waals surface area contributed by atoms with Gasteiger partial charge in [0.05, 0.1) is 7.11 Å². The molecule has 1 aliphatic carbocycles. The number of carbonyl (C=O) groups is 1. The average Bonchev–Trinajstić information content (AvgIpc) is 3.55. The Bertz CT molecular complexity index is 871. The summed E-state index contributed by atoms with van der Waals surface area (Å²) in [6.07, 6.45) is 7.73. The molecule has 2 atom stereocenters. The van der Waals surface area contributed by atoms with Crippen molar-refractivity contribution < 1.29 is 9.53 Å². The lowest BCUT2D eigenvalue weighted by Crippen LogP contribution is -2.43. The first-order chi connectivity index (χ1) is 14.6. The Morgan fingerprint density at radius 3 is 2.63 bits per heavy atom. The van der Waals surface area contributed by atoms with Gasteiger partial charge in [0.15, 0.2) is 0 Å². The number of benzene rings is 1. The van der Waals surface area contributed by atoms with E-state index in [0.29, 0.717) is 23.7 Å². The highest BCUT2D eigenvalue weighted by molar-refractivity contribution is 5.86. The summed E-state index contributed by atoms with van der Waals surface area (Å²) in [4.78, 5) is 18.2. The molecule has 2 aromatic rings. The van der Waals surface area contributed by atoms with Crippen LogP contribution in [0.1, 0.15) is 47.8 Å². The number of carbonyl (C=O) groups excluding carboxylic acids is 1. The fourth-order valence-corrected chi connectivity index (χ4v) is 4.36. The summed E-state index contributed by atoms with van der Waals surface area (Å²) in [5.74, 6) is 0.295. The Kier molecular flexibility index (Phi) is 6.60. The van der Waals surface area contributed by atoms with Gasteiger partial charge in [-0.05, 0) is 62.4 Å². The Morgan fingerprint density at radius 2 is 1.97 bits per heavy atom. The molecule has 30 heavy (non-hydrogen) atoms. The smallest absolute Gasteiger partial charge is 0.356 e. The summed E-state index contributed by atoms with van der Waals surface area (Å²) < 4.78 is 4.70. The van der Waals surface area contributed by atoms with Crippen molar-refractivity contribution in [1.82, 2.24) is 15.2 Å². The predicted octanol–water partition coefficient (Wildman–Crippen LogP) is 3.91. The van der Waals surface area contributed by atoms with Crippen molar-refractivity contribution in [3.05, 3.63) is 71.1 Å². The lowest BCUT2D eigenvalue weighted by Gasteiger charge is -2.32. The van der Waals surface area contributed by atoms with Crippen LogP contribution in [0.15, 0.2) is 54.2 Å². The third-order valence-corrected chi connectivity index (χ3v) is 6.23. The van der Waals surface area contributed by atoms with Crippen LogP contribution in [0, 0.1) is 5.92 Å². The maximum atomic E-state index is 11.5. The number of nitrogens with zero attached hydrogens (tertiary/aromatic N) is 2. The molecule has 0 radical (unpaired) electrons. The second-order valence-corrected chi connectivity index (χ2v) is 8.51. The lowest BCUT2D eigenvalue weighted by atomic mass is 10.0. The van der Waals surface area contributed by atoms with Crippen molar-refractivity contribution >= 4 is 12.0 Å². The Labute approximate surface area is 179 Å². The van der Waals surface area contributed by atoms with Crippen molar-refractivity contribution in [2.24, 2.45) is 5.92 Å². The zero-order valence-corrected chi connectivity index (χ0v) is 17.9. The highest BCUT2D eigenvalue weighted by Gasteiger charge is 2.39. The molecule has 2 heterocycles. The molecule has 0 bridgehead atoms. The molecule has 5 heteroatoms. The normalized spacial score (nSPS) is 22.7. The first-order valence-electron chi connectivity index (χ1n) is 10.9. The number of hydrogen-bond donors (Lipinski definition) is 1. The zero-order valence-electron chi connectivity index (χ0n) is 17.9. The number of piperidine rings is 1. The van der Waals surface area contributed by atoms with Gasteiger partial charge in [0.1, 0.15) is 5.69 Å². The first kappa shape index (κ1) is 20.8. The minimum absolute atomic E-state index is 0.361. The number of likely N-dealkylation sites (tertiary alicyclic amines) is 1. The molecule has 1 aromatic carbocycles. The van der Waals surface area contributed by atoms with Crippen molar-refractivity contribution in [1.29, 1.82) is 0 Å². The molecule has 1 saturated carbocycles. The molecule has 0 unspecified atom stereocenters. The summed E-state index contributed by atoms with van der Waals surface area (Å²) in [5, 5.41) is 3.89. The molecule has 158 valence electrons. The van der Waals surface area contributed by atoms with E-state index in [-0.39, 0.29) is 5.97 Å². The van der Waals surface area contributed by atoms with Crippen LogP contribution < -0.4 is 5.32 Å². The standard InChI is InChI=1S/C25H31N3O2/c1-18(14-19-6-4-3-5-7-19)22-15-24(22)27-21-10-12-28(13-11-21)17-20-8-9-23(26-16-20)25(29)30-2/h3-9,14,16,21-22,24,27H,10-13,15,17H2,1-2H3/b18-14+/t22-,24+/m0/s1. The molecule has 1 N–H and O–H groups in total. The quantitative estimate of drug-likeness (QED) is 0.708. The minimum atomic E-state index is -0.388. The maximum absolute atomic E-state index is 11.5. The van der Waals surface area contributed by atoms with E-state index in [4.69, 9.17) is 4.74 Å². The SMILES string of the molecule is COC(=O)c1ccc(CN2CCC(N[C@@H]3C[C@H]3/C(C)=C/c3ccccc3)CC2)cn1. The van der Waals surface area contributed by atoms with Gasteiger partial charge in [-0.25, -0.2) is 9.78 Å². The van der Waals surface area contributed by atoms with Crippen molar-refractivity contribution in [3.8, 4) is 0 Å². The van der Waals surface area contributed by atoms with E-state index >= 15 is 0 Å². The maximum Gasteiger partial charge on any atom is 0.356 e. The molecular formula is C25H31N3O2. The largest absolute Gasteiger partial charge is 0.464 e. The molecule has 0 spiro atoms. The Balaban J connectivity index is 1.20. The summed E-state index contributed by atoms with van der Waals surface area (Å²) >= 11 is 0. The van der Waals surface area contributed by atoms with E-state index < -0.39 is 0 Å². The second-order valence-electron chi connectivity index (χ2n) is 8.51. The van der Waals surface area contributed by atoms with Gasteiger partial charge in [-0.15, -0.1) is 0 Å². The fourth-order valence-electron chi connectivity index (χ4n) is 4.36. The topological polar surface area (TPSA) is 54.5 Å². The molecule has 1 aliphatic heterocycles. The Hall–Kier alpha value is -2.50. The summed E-state index contributed by atoms with van der Waals surface area (Å²) in [5.41, 5.74) is 4.28. The molecular weight excluding hydrogens is 374 g/mol. The fraction of sp³-hybridized carbons (Fsp3) is 0.440. The highest BCUT2D eigenvalue weighted by Crippen LogP contribution is 2.38. The molecule has 2 aliphatic rings. The number of ether oxygens (including phenoxy) is 1. The predicted molar refractivity (Wildman–Crippen MR) is 119 cm³/mol. The highest BCUT2D eigenvalue weighted by atomic mass is 16.5. The number of pyridine rings is 1. The molecule has 1 saturated heterocycles. The summed E-state index contributed by atoms with van der Waals surface area (Å²) in [6.45, 7) is 5.33. The molecule has 1 aromatic heterocycles. The number of hydrogen-bond acceptors (Lipinski definition) is 5. The minimum Gasteiger partial charge on any atom is -0.464 e. The van der Waals surface area contributed by atoms with Crippen molar-refractivity contribution in [2.45, 2.75) is 44.8 Å². The second kappa shape index (κ2) is 9.54. The Morgan fingerprint density at radius 1 is 1.20 bits per heavy atom. The van der Waals surface area contributed by atoms with Crippen molar-refractivity contribution in [2.75, 3.05) is 20.2 Å². The van der Waals surface area contributed by atoms with Crippen molar-refractivity contribution in [3.63, 3.8) is 0 Å². The van der Waals surface area contributed by atoms with Gasteiger partial charge in [0.2, 0.25) is 0 Å². The first-order valence-corrected chi connectivity index (χ1v) is 10.9. The van der Waals surface area contributed by atoms with Crippen LogP contribution >= 0.6 is 0 Å². The van der Waals surface area contributed by atoms with Crippen LogP contribution in [0.2, 0.25) is 0 Å². The molecule has 0 amide bonds. The van der Waals surface area contributed by atoms with Crippen LogP contribution in [-0.2, 0) is 11.3 Å².